The Morgan fingerprint density at radius 1 is 1.31 bits per heavy atom. The molecule has 1 aromatic heterocycles. The Morgan fingerprint density at radius 3 is 2.62 bits per heavy atom. The predicted octanol–water partition coefficient (Wildman–Crippen LogP) is 3.49. The topological polar surface area (TPSA) is 12.9 Å². The molecule has 0 aliphatic carbocycles. The van der Waals surface area contributed by atoms with Gasteiger partial charge in [0.05, 0.1) is 0 Å². The highest BCUT2D eigenvalue weighted by atomic mass is 79.9. The SMILES string of the molecule is CCCc1ccc(CBr)c(CC)n1. The van der Waals surface area contributed by atoms with Gasteiger partial charge in [-0.2, -0.15) is 0 Å². The number of pyridine rings is 1. The van der Waals surface area contributed by atoms with E-state index in [-0.39, 0.29) is 0 Å². The number of alkyl halides is 1. The van der Waals surface area contributed by atoms with E-state index in [9.17, 15) is 0 Å². The molecule has 0 saturated carbocycles. The van der Waals surface area contributed by atoms with Gasteiger partial charge in [0.25, 0.3) is 0 Å². The maximum Gasteiger partial charge on any atom is 0.0444 e. The lowest BCUT2D eigenvalue weighted by Gasteiger charge is -2.06. The van der Waals surface area contributed by atoms with Crippen LogP contribution >= 0.6 is 15.9 Å². The van der Waals surface area contributed by atoms with Gasteiger partial charge in [-0.25, -0.2) is 0 Å². The van der Waals surface area contributed by atoms with Gasteiger partial charge < -0.3 is 0 Å². The fourth-order valence-corrected chi connectivity index (χ4v) is 1.91. The maximum absolute atomic E-state index is 4.62. The van der Waals surface area contributed by atoms with Crippen LogP contribution in [0.4, 0.5) is 0 Å². The summed E-state index contributed by atoms with van der Waals surface area (Å²) in [5, 5.41) is 0.912. The molecule has 0 atom stereocenters. The van der Waals surface area contributed by atoms with E-state index in [1.165, 1.54) is 23.4 Å². The second kappa shape index (κ2) is 5.38. The summed E-state index contributed by atoms with van der Waals surface area (Å²) in [7, 11) is 0. The fourth-order valence-electron chi connectivity index (χ4n) is 1.40. The summed E-state index contributed by atoms with van der Waals surface area (Å²) in [6, 6.07) is 4.32. The molecule has 0 bridgehead atoms. The van der Waals surface area contributed by atoms with Gasteiger partial charge in [-0.05, 0) is 24.5 Å². The van der Waals surface area contributed by atoms with Crippen LogP contribution in [0.25, 0.3) is 0 Å². The Hall–Kier alpha value is -0.370. The van der Waals surface area contributed by atoms with E-state index in [0.717, 1.165) is 18.2 Å². The van der Waals surface area contributed by atoms with Crippen LogP contribution in [0.5, 0.6) is 0 Å². The van der Waals surface area contributed by atoms with Gasteiger partial charge in [0.15, 0.2) is 0 Å². The maximum atomic E-state index is 4.62. The summed E-state index contributed by atoms with van der Waals surface area (Å²) in [6.07, 6.45) is 3.29. The molecule has 1 heterocycles. The number of nitrogens with zero attached hydrogens (tertiary/aromatic N) is 1. The van der Waals surface area contributed by atoms with E-state index in [0.29, 0.717) is 0 Å². The van der Waals surface area contributed by atoms with Crippen molar-refractivity contribution in [1.82, 2.24) is 4.98 Å². The highest BCUT2D eigenvalue weighted by Gasteiger charge is 2.02. The average Bonchev–Trinajstić information content (AvgIpc) is 2.18. The minimum atomic E-state index is 0.912. The van der Waals surface area contributed by atoms with Crippen molar-refractivity contribution >= 4 is 15.9 Å². The monoisotopic (exact) mass is 241 g/mol. The molecule has 0 unspecified atom stereocenters. The molecule has 0 radical (unpaired) electrons. The summed E-state index contributed by atoms with van der Waals surface area (Å²) in [5.41, 5.74) is 3.79. The lowest BCUT2D eigenvalue weighted by molar-refractivity contribution is 0.855. The van der Waals surface area contributed by atoms with Crippen molar-refractivity contribution in [1.29, 1.82) is 0 Å². The lowest BCUT2D eigenvalue weighted by Crippen LogP contribution is -1.98. The van der Waals surface area contributed by atoms with Crippen molar-refractivity contribution in [3.05, 3.63) is 29.1 Å². The zero-order valence-electron chi connectivity index (χ0n) is 8.31. The quantitative estimate of drug-likeness (QED) is 0.736. The van der Waals surface area contributed by atoms with Crippen LogP contribution in [-0.4, -0.2) is 4.98 Å². The predicted molar refractivity (Wildman–Crippen MR) is 60.2 cm³/mol. The summed E-state index contributed by atoms with van der Waals surface area (Å²) >= 11 is 3.47. The second-order valence-electron chi connectivity index (χ2n) is 3.15. The molecule has 0 spiro atoms. The minimum absolute atomic E-state index is 0.912. The Bertz CT molecular complexity index is 271. The molecule has 0 aromatic carbocycles. The van der Waals surface area contributed by atoms with Gasteiger partial charge in [0.2, 0.25) is 0 Å². The van der Waals surface area contributed by atoms with Gasteiger partial charge in [-0.15, -0.1) is 0 Å². The van der Waals surface area contributed by atoms with E-state index in [1.807, 2.05) is 0 Å². The van der Waals surface area contributed by atoms with Crippen molar-refractivity contribution in [2.45, 2.75) is 38.4 Å². The molecule has 0 amide bonds. The zero-order valence-corrected chi connectivity index (χ0v) is 9.89. The number of aryl methyl sites for hydroxylation is 2. The normalized spacial score (nSPS) is 10.4. The third kappa shape index (κ3) is 2.80. The first-order valence-electron chi connectivity index (χ1n) is 4.85. The first-order valence-corrected chi connectivity index (χ1v) is 5.97. The second-order valence-corrected chi connectivity index (χ2v) is 3.71. The summed E-state index contributed by atoms with van der Waals surface area (Å²) in [6.45, 7) is 4.34. The molecule has 0 aliphatic heterocycles. The van der Waals surface area contributed by atoms with E-state index < -0.39 is 0 Å². The summed E-state index contributed by atoms with van der Waals surface area (Å²) in [5.74, 6) is 0. The summed E-state index contributed by atoms with van der Waals surface area (Å²) in [4.78, 5) is 4.62. The summed E-state index contributed by atoms with van der Waals surface area (Å²) < 4.78 is 0. The largest absolute Gasteiger partial charge is 0.258 e. The van der Waals surface area contributed by atoms with Crippen molar-refractivity contribution in [3.63, 3.8) is 0 Å². The third-order valence-corrected chi connectivity index (χ3v) is 2.72. The van der Waals surface area contributed by atoms with Crippen molar-refractivity contribution in [3.8, 4) is 0 Å². The van der Waals surface area contributed by atoms with Crippen LogP contribution < -0.4 is 0 Å². The molecule has 1 aromatic rings. The van der Waals surface area contributed by atoms with E-state index in [2.05, 4.69) is 46.9 Å². The van der Waals surface area contributed by atoms with Gasteiger partial charge in [0.1, 0.15) is 0 Å². The van der Waals surface area contributed by atoms with Gasteiger partial charge in [-0.1, -0.05) is 42.3 Å². The van der Waals surface area contributed by atoms with Gasteiger partial charge in [-0.3, -0.25) is 4.98 Å². The van der Waals surface area contributed by atoms with Crippen molar-refractivity contribution in [2.24, 2.45) is 0 Å². The van der Waals surface area contributed by atoms with Crippen LogP contribution in [0.3, 0.4) is 0 Å². The van der Waals surface area contributed by atoms with Crippen LogP contribution in [0.1, 0.15) is 37.2 Å². The van der Waals surface area contributed by atoms with E-state index in [1.54, 1.807) is 0 Å². The van der Waals surface area contributed by atoms with Crippen LogP contribution in [-0.2, 0) is 18.2 Å². The van der Waals surface area contributed by atoms with Crippen LogP contribution in [0.2, 0.25) is 0 Å². The smallest absolute Gasteiger partial charge is 0.0444 e. The van der Waals surface area contributed by atoms with Gasteiger partial charge >= 0.3 is 0 Å². The molecule has 2 heteroatoms. The molecule has 0 N–H and O–H groups in total. The van der Waals surface area contributed by atoms with Gasteiger partial charge in [0, 0.05) is 16.7 Å². The molecule has 0 saturated heterocycles. The van der Waals surface area contributed by atoms with Crippen molar-refractivity contribution < 1.29 is 0 Å². The first-order chi connectivity index (χ1) is 6.31. The highest BCUT2D eigenvalue weighted by molar-refractivity contribution is 9.08. The minimum Gasteiger partial charge on any atom is -0.258 e. The number of hydrogen-bond acceptors (Lipinski definition) is 1. The third-order valence-electron chi connectivity index (χ3n) is 2.11. The molecule has 0 aliphatic rings. The number of aromatic nitrogens is 1. The Labute approximate surface area is 88.7 Å². The molecule has 72 valence electrons. The highest BCUT2D eigenvalue weighted by Crippen LogP contribution is 2.13. The molecule has 1 rings (SSSR count). The first kappa shape index (κ1) is 10.7. The lowest BCUT2D eigenvalue weighted by atomic mass is 10.1. The van der Waals surface area contributed by atoms with Crippen molar-refractivity contribution in [2.75, 3.05) is 0 Å². The molecular formula is C11H16BrN. The van der Waals surface area contributed by atoms with Crippen LogP contribution in [0.15, 0.2) is 12.1 Å². The molecular weight excluding hydrogens is 226 g/mol. The molecule has 0 fully saturated rings. The Balaban J connectivity index is 2.91. The standard InChI is InChI=1S/C11H16BrN/c1-3-5-10-7-6-9(8-12)11(4-2)13-10/h6-7H,3-5,8H2,1-2H3. The number of halogens is 1. The molecule has 1 nitrogen and oxygen atoms in total. The fraction of sp³-hybridized carbons (Fsp3) is 0.545. The Kier molecular flexibility index (Phi) is 4.43. The average molecular weight is 242 g/mol. The number of hydrogen-bond donors (Lipinski definition) is 0. The van der Waals surface area contributed by atoms with Crippen LogP contribution in [0, 0.1) is 0 Å². The van der Waals surface area contributed by atoms with E-state index in [4.69, 9.17) is 0 Å². The van der Waals surface area contributed by atoms with E-state index >= 15 is 0 Å². The zero-order chi connectivity index (χ0) is 9.68. The molecule has 13 heavy (non-hydrogen) atoms. The Morgan fingerprint density at radius 2 is 2.08 bits per heavy atom. The number of rotatable bonds is 4.